The number of rotatable bonds is 15. The molecule has 1 aromatic heterocycles. The van der Waals surface area contributed by atoms with Crippen molar-refractivity contribution in [1.29, 1.82) is 0 Å². The average Bonchev–Trinajstić information content (AvgIpc) is 3.33. The molecule has 2 rings (SSSR count). The predicted octanol–water partition coefficient (Wildman–Crippen LogP) is 4.07. The van der Waals surface area contributed by atoms with Crippen LogP contribution in [0, 0.1) is 12.8 Å². The van der Waals surface area contributed by atoms with Crippen LogP contribution in [0.2, 0.25) is 18.1 Å². The third-order valence-corrected chi connectivity index (χ3v) is 13.6. The highest BCUT2D eigenvalue weighted by Crippen LogP contribution is 2.47. The number of nitrogens with one attached hydrogen (secondary N) is 2. The number of nitrogens with zero attached hydrogens (tertiary/aromatic N) is 2. The number of aliphatic hydroxyl groups excluding tert-OH is 1. The van der Waals surface area contributed by atoms with Gasteiger partial charge in [0.15, 0.2) is 5.82 Å². The normalized spacial score (nSPS) is 12.7. The van der Waals surface area contributed by atoms with E-state index in [0.717, 1.165) is 0 Å². The van der Waals surface area contributed by atoms with Crippen molar-refractivity contribution in [3.8, 4) is 11.5 Å². The second kappa shape index (κ2) is 14.5. The van der Waals surface area contributed by atoms with Gasteiger partial charge in [-0.1, -0.05) is 32.9 Å². The third kappa shape index (κ3) is 8.69. The quantitative estimate of drug-likeness (QED) is 0.201. The molecule has 0 aliphatic carbocycles. The maximum atomic E-state index is 12.5. The molecule has 0 aliphatic rings. The number of methoxy groups -OCH3 is 1. The lowest BCUT2D eigenvalue weighted by Gasteiger charge is -2.43. The number of carbonyl (C=O) groups excluding carboxylic acids is 2. The van der Waals surface area contributed by atoms with E-state index >= 15 is 0 Å². The zero-order chi connectivity index (χ0) is 31.1. The van der Waals surface area contributed by atoms with Gasteiger partial charge in [-0.3, -0.25) is 9.59 Å². The number of hydrogen-bond acceptors (Lipinski definition) is 10. The fourth-order valence-electron chi connectivity index (χ4n) is 3.74. The van der Waals surface area contributed by atoms with Crippen LogP contribution in [-0.2, 0) is 15.3 Å². The summed E-state index contributed by atoms with van der Waals surface area (Å²) >= 11 is 4.73. The summed E-state index contributed by atoms with van der Waals surface area (Å²) in [5.41, 5.74) is 0.497. The number of halogens is 1. The number of aryl methyl sites for hydroxylation is 1. The molecule has 1 atom stereocenters. The van der Waals surface area contributed by atoms with Crippen LogP contribution in [-0.4, -0.2) is 72.5 Å². The Hall–Kier alpha value is -2.62. The Balaban J connectivity index is 2.41. The van der Waals surface area contributed by atoms with Gasteiger partial charge in [0.25, 0.3) is 8.32 Å². The first-order valence-corrected chi connectivity index (χ1v) is 17.8. The Labute approximate surface area is 253 Å². The Morgan fingerprint density at radius 3 is 2.39 bits per heavy atom. The number of aliphatic hydroxyl groups is 1. The van der Waals surface area contributed by atoms with Gasteiger partial charge in [-0.15, -0.1) is 0 Å². The van der Waals surface area contributed by atoms with Crippen molar-refractivity contribution in [3.63, 3.8) is 0 Å². The number of hydrogen-bond donors (Lipinski definition) is 4. The van der Waals surface area contributed by atoms with Gasteiger partial charge in [0.1, 0.15) is 24.1 Å². The van der Waals surface area contributed by atoms with Crippen molar-refractivity contribution >= 4 is 53.8 Å². The summed E-state index contributed by atoms with van der Waals surface area (Å²) in [6.07, 6.45) is 0. The topological polar surface area (TPSA) is 173 Å². The minimum atomic E-state index is -2.45. The van der Waals surface area contributed by atoms with Crippen LogP contribution in [0.25, 0.3) is 0 Å². The molecule has 2 amide bonds. The highest BCUT2D eigenvalue weighted by Gasteiger charge is 2.45. The molecule has 1 heterocycles. The lowest BCUT2D eigenvalue weighted by molar-refractivity contribution is -0.128. The van der Waals surface area contributed by atoms with Gasteiger partial charge < -0.3 is 34.5 Å². The summed E-state index contributed by atoms with van der Waals surface area (Å²) in [5, 5.41) is 27.7. The summed E-state index contributed by atoms with van der Waals surface area (Å²) in [5.74, 6) is -0.274. The second-order valence-electron chi connectivity index (χ2n) is 10.8. The highest BCUT2D eigenvalue weighted by atomic mass is 79.9. The summed E-state index contributed by atoms with van der Waals surface area (Å²) in [6, 6.07) is 0.979. The van der Waals surface area contributed by atoms with E-state index < -0.39 is 38.7 Å². The molecule has 0 saturated carbocycles. The molecule has 41 heavy (non-hydrogen) atoms. The van der Waals surface area contributed by atoms with E-state index in [4.69, 9.17) is 18.8 Å². The maximum Gasteiger partial charge on any atom is 0.337 e. The molecule has 12 nitrogen and oxygen atoms in total. The maximum absolute atomic E-state index is 12.5. The molecule has 4 N–H and O–H groups in total. The van der Waals surface area contributed by atoms with E-state index in [0.29, 0.717) is 33.3 Å². The minimum Gasteiger partial charge on any atom is -0.543 e. The second-order valence-corrected chi connectivity index (χ2v) is 17.1. The SMILES string of the molecule is COc1cc(O[Si](C)(C)C(C)(C)C(C)C)c(CSC[C@H](NC(=O)CNC(=O)CO)c2nc(C)no2)c(C(=O)O)c1Br. The average molecular weight is 676 g/mol. The Morgan fingerprint density at radius 1 is 1.22 bits per heavy atom. The van der Waals surface area contributed by atoms with Crippen molar-refractivity contribution < 1.29 is 38.3 Å². The van der Waals surface area contributed by atoms with Crippen LogP contribution in [0.5, 0.6) is 11.5 Å². The largest absolute Gasteiger partial charge is 0.543 e. The van der Waals surface area contributed by atoms with Gasteiger partial charge in [0, 0.05) is 23.1 Å². The summed E-state index contributed by atoms with van der Waals surface area (Å²) in [7, 11) is -0.982. The van der Waals surface area contributed by atoms with Crippen LogP contribution in [0.1, 0.15) is 61.4 Å². The van der Waals surface area contributed by atoms with E-state index in [9.17, 15) is 19.5 Å². The van der Waals surface area contributed by atoms with Gasteiger partial charge in [0.2, 0.25) is 17.7 Å². The van der Waals surface area contributed by atoms with Gasteiger partial charge in [0.05, 0.1) is 23.7 Å². The van der Waals surface area contributed by atoms with Gasteiger partial charge in [-0.25, -0.2) is 4.79 Å². The molecule has 0 radical (unpaired) electrons. The van der Waals surface area contributed by atoms with Crippen LogP contribution in [0.3, 0.4) is 0 Å². The number of aromatic carboxylic acids is 1. The molecule has 0 fully saturated rings. The molecule has 15 heteroatoms. The monoisotopic (exact) mass is 674 g/mol. The third-order valence-electron chi connectivity index (χ3n) is 7.39. The molecule has 0 unspecified atom stereocenters. The molecule has 0 aliphatic heterocycles. The first-order chi connectivity index (χ1) is 19.0. The molecular formula is C26H39BrN4O8SSi. The fraction of sp³-hybridized carbons (Fsp3) is 0.577. The molecule has 1 aromatic carbocycles. The van der Waals surface area contributed by atoms with Crippen LogP contribution in [0.15, 0.2) is 15.1 Å². The highest BCUT2D eigenvalue weighted by molar-refractivity contribution is 9.10. The van der Waals surface area contributed by atoms with E-state index in [1.807, 2.05) is 0 Å². The van der Waals surface area contributed by atoms with Crippen molar-refractivity contribution in [1.82, 2.24) is 20.8 Å². The number of benzene rings is 1. The first kappa shape index (κ1) is 34.6. The van der Waals surface area contributed by atoms with Crippen molar-refractivity contribution in [2.45, 2.75) is 64.5 Å². The van der Waals surface area contributed by atoms with Crippen LogP contribution >= 0.6 is 27.7 Å². The van der Waals surface area contributed by atoms with E-state index in [2.05, 4.69) is 77.5 Å². The van der Waals surface area contributed by atoms with E-state index in [1.54, 1.807) is 13.0 Å². The summed E-state index contributed by atoms with van der Waals surface area (Å²) in [6.45, 7) is 13.4. The number of carboxylic acids is 1. The lowest BCUT2D eigenvalue weighted by atomic mass is 9.99. The van der Waals surface area contributed by atoms with Crippen molar-refractivity contribution in [2.24, 2.45) is 5.92 Å². The zero-order valence-electron chi connectivity index (χ0n) is 24.6. The standard InChI is InChI=1S/C26H39BrN4O8SSi/c1-14(2)26(4,5)41(7,8)39-18-9-19(37-6)23(27)22(25(35)36)16(18)12-40-13-17(24-29-15(3)31-38-24)30-20(33)10-28-21(34)11-32/h9,14,17,32H,10-13H2,1-8H3,(H,28,34)(H,30,33)(H,35,36)/t17-/m0/s1. The molecule has 0 spiro atoms. The Bertz CT molecular complexity index is 1250. The minimum absolute atomic E-state index is 0.0277. The molecular weight excluding hydrogens is 636 g/mol. The fourth-order valence-corrected chi connectivity index (χ4v) is 7.88. The Kier molecular flexibility index (Phi) is 12.2. The zero-order valence-corrected chi connectivity index (χ0v) is 28.0. The number of carbonyl (C=O) groups is 3. The first-order valence-electron chi connectivity index (χ1n) is 12.9. The number of thioether (sulfide) groups is 1. The molecule has 228 valence electrons. The number of ether oxygens (including phenoxy) is 1. The van der Waals surface area contributed by atoms with Crippen LogP contribution in [0.4, 0.5) is 0 Å². The number of aromatic nitrogens is 2. The predicted molar refractivity (Wildman–Crippen MR) is 161 cm³/mol. The Morgan fingerprint density at radius 2 is 1.88 bits per heavy atom. The summed E-state index contributed by atoms with van der Waals surface area (Å²) in [4.78, 5) is 40.5. The van der Waals surface area contributed by atoms with Crippen molar-refractivity contribution in [2.75, 3.05) is 26.0 Å². The van der Waals surface area contributed by atoms with Gasteiger partial charge >= 0.3 is 5.97 Å². The molecule has 0 bridgehead atoms. The van der Waals surface area contributed by atoms with E-state index in [-0.39, 0.29) is 34.5 Å². The van der Waals surface area contributed by atoms with E-state index in [1.165, 1.54) is 18.9 Å². The van der Waals surface area contributed by atoms with Crippen molar-refractivity contribution in [3.05, 3.63) is 33.4 Å². The number of carboxylic acid groups (broad SMARTS) is 1. The molecule has 0 saturated heterocycles. The molecule has 2 aromatic rings. The van der Waals surface area contributed by atoms with Gasteiger partial charge in [-0.2, -0.15) is 16.7 Å². The summed E-state index contributed by atoms with van der Waals surface area (Å²) < 4.78 is 17.8. The van der Waals surface area contributed by atoms with Gasteiger partial charge in [-0.05, 0) is 46.9 Å². The van der Waals surface area contributed by atoms with Crippen LogP contribution < -0.4 is 19.8 Å². The number of amides is 2. The smallest absolute Gasteiger partial charge is 0.337 e. The lowest BCUT2D eigenvalue weighted by Crippen LogP contribution is -2.48.